The molecule has 0 bridgehead atoms. The number of nitrogens with zero attached hydrogens (tertiary/aromatic N) is 2. The van der Waals surface area contributed by atoms with Crippen molar-refractivity contribution in [3.05, 3.63) is 35.6 Å². The zero-order valence-electron chi connectivity index (χ0n) is 16.6. The van der Waals surface area contributed by atoms with Gasteiger partial charge in [0.2, 0.25) is 5.91 Å². The molecule has 0 unspecified atom stereocenters. The fourth-order valence-corrected chi connectivity index (χ4v) is 3.15. The predicted molar refractivity (Wildman–Crippen MR) is 104 cm³/mol. The van der Waals surface area contributed by atoms with Gasteiger partial charge in [0.15, 0.2) is 0 Å². The highest BCUT2D eigenvalue weighted by molar-refractivity contribution is 5.78. The number of hydrogen-bond acceptors (Lipinski definition) is 3. The highest BCUT2D eigenvalue weighted by atomic mass is 19.1. The van der Waals surface area contributed by atoms with Crippen molar-refractivity contribution in [1.82, 2.24) is 20.4 Å². The molecule has 1 heterocycles. The maximum absolute atomic E-state index is 14.0. The van der Waals surface area contributed by atoms with Crippen LogP contribution < -0.4 is 10.6 Å². The second kappa shape index (κ2) is 9.69. The van der Waals surface area contributed by atoms with Crippen molar-refractivity contribution in [2.75, 3.05) is 45.8 Å². The van der Waals surface area contributed by atoms with E-state index in [2.05, 4.69) is 15.5 Å². The van der Waals surface area contributed by atoms with Crippen LogP contribution in [0.25, 0.3) is 0 Å². The number of benzene rings is 1. The molecular weight excluding hydrogens is 347 g/mol. The minimum atomic E-state index is -0.500. The molecule has 0 aliphatic carbocycles. The number of rotatable bonds is 7. The lowest BCUT2D eigenvalue weighted by molar-refractivity contribution is -0.122. The average Bonchev–Trinajstić information content (AvgIpc) is 2.65. The second-order valence-electron chi connectivity index (χ2n) is 7.64. The van der Waals surface area contributed by atoms with Crippen molar-refractivity contribution >= 4 is 11.9 Å². The van der Waals surface area contributed by atoms with E-state index >= 15 is 0 Å². The smallest absolute Gasteiger partial charge is 0.317 e. The van der Waals surface area contributed by atoms with E-state index in [1.807, 2.05) is 20.8 Å². The summed E-state index contributed by atoms with van der Waals surface area (Å²) in [5, 5.41) is 5.79. The van der Waals surface area contributed by atoms with Crippen LogP contribution in [-0.4, -0.2) is 67.6 Å². The predicted octanol–water partition coefficient (Wildman–Crippen LogP) is 1.96. The Hall–Kier alpha value is -2.15. The minimum Gasteiger partial charge on any atom is -0.355 e. The summed E-state index contributed by atoms with van der Waals surface area (Å²) in [7, 11) is 0. The van der Waals surface area contributed by atoms with E-state index in [0.717, 1.165) is 6.42 Å². The molecule has 27 heavy (non-hydrogen) atoms. The van der Waals surface area contributed by atoms with E-state index in [-0.39, 0.29) is 17.8 Å². The molecule has 2 rings (SSSR count). The molecule has 1 aliphatic rings. The fourth-order valence-electron chi connectivity index (χ4n) is 3.15. The lowest BCUT2D eigenvalue weighted by Crippen LogP contribution is -2.54. The molecule has 7 heteroatoms. The SMILES string of the molecule is CCCNC(=O)CN1CCN(C(=O)NCC(C)(C)c2ccccc2F)CC1. The molecule has 0 atom stereocenters. The first-order valence-corrected chi connectivity index (χ1v) is 9.60. The van der Waals surface area contributed by atoms with Gasteiger partial charge >= 0.3 is 6.03 Å². The Labute approximate surface area is 161 Å². The van der Waals surface area contributed by atoms with Crippen molar-refractivity contribution < 1.29 is 14.0 Å². The summed E-state index contributed by atoms with van der Waals surface area (Å²) in [6.45, 7) is 9.76. The van der Waals surface area contributed by atoms with Crippen LogP contribution in [-0.2, 0) is 10.2 Å². The molecule has 0 radical (unpaired) electrons. The van der Waals surface area contributed by atoms with E-state index < -0.39 is 5.41 Å². The lowest BCUT2D eigenvalue weighted by atomic mass is 9.84. The van der Waals surface area contributed by atoms with Crippen molar-refractivity contribution in [3.63, 3.8) is 0 Å². The Bertz CT molecular complexity index is 643. The van der Waals surface area contributed by atoms with Crippen LogP contribution >= 0.6 is 0 Å². The Balaban J connectivity index is 1.78. The topological polar surface area (TPSA) is 64.7 Å². The van der Waals surface area contributed by atoms with Crippen molar-refractivity contribution in [2.24, 2.45) is 0 Å². The van der Waals surface area contributed by atoms with Crippen LogP contribution in [0.2, 0.25) is 0 Å². The van der Waals surface area contributed by atoms with Crippen molar-refractivity contribution in [2.45, 2.75) is 32.6 Å². The lowest BCUT2D eigenvalue weighted by Gasteiger charge is -2.35. The van der Waals surface area contributed by atoms with Crippen LogP contribution in [0.3, 0.4) is 0 Å². The molecule has 1 aromatic rings. The molecule has 150 valence electrons. The normalized spacial score (nSPS) is 15.5. The van der Waals surface area contributed by atoms with E-state index in [0.29, 0.717) is 51.4 Å². The Kier molecular flexibility index (Phi) is 7.59. The van der Waals surface area contributed by atoms with Gasteiger partial charge < -0.3 is 15.5 Å². The maximum Gasteiger partial charge on any atom is 0.317 e. The van der Waals surface area contributed by atoms with Gasteiger partial charge in [-0.2, -0.15) is 0 Å². The number of hydrogen-bond donors (Lipinski definition) is 2. The monoisotopic (exact) mass is 378 g/mol. The van der Waals surface area contributed by atoms with Gasteiger partial charge in [-0.3, -0.25) is 9.69 Å². The number of urea groups is 1. The molecule has 3 amide bonds. The summed E-state index contributed by atoms with van der Waals surface area (Å²) in [6, 6.07) is 6.51. The molecule has 2 N–H and O–H groups in total. The van der Waals surface area contributed by atoms with Gasteiger partial charge in [-0.15, -0.1) is 0 Å². The van der Waals surface area contributed by atoms with Gasteiger partial charge in [-0.25, -0.2) is 9.18 Å². The molecular formula is C20H31FN4O2. The van der Waals surface area contributed by atoms with E-state index in [1.165, 1.54) is 6.07 Å². The van der Waals surface area contributed by atoms with Gasteiger partial charge in [0.25, 0.3) is 0 Å². The third-order valence-corrected chi connectivity index (χ3v) is 4.88. The summed E-state index contributed by atoms with van der Waals surface area (Å²) in [5.41, 5.74) is 0.0911. The second-order valence-corrected chi connectivity index (χ2v) is 7.64. The Morgan fingerprint density at radius 3 is 2.41 bits per heavy atom. The first kappa shape index (κ1) is 21.2. The van der Waals surface area contributed by atoms with Gasteiger partial charge in [-0.05, 0) is 18.1 Å². The minimum absolute atomic E-state index is 0.0291. The van der Waals surface area contributed by atoms with E-state index in [4.69, 9.17) is 0 Å². The van der Waals surface area contributed by atoms with Crippen LogP contribution in [0, 0.1) is 5.82 Å². The molecule has 0 spiro atoms. The zero-order chi connectivity index (χ0) is 19.9. The molecule has 1 aromatic carbocycles. The fraction of sp³-hybridized carbons (Fsp3) is 0.600. The summed E-state index contributed by atoms with van der Waals surface area (Å²) >= 11 is 0. The largest absolute Gasteiger partial charge is 0.355 e. The Morgan fingerprint density at radius 1 is 1.11 bits per heavy atom. The molecule has 0 saturated carbocycles. The molecule has 1 fully saturated rings. The maximum atomic E-state index is 14.0. The van der Waals surface area contributed by atoms with Crippen LogP contribution in [0.1, 0.15) is 32.8 Å². The quantitative estimate of drug-likeness (QED) is 0.762. The zero-order valence-corrected chi connectivity index (χ0v) is 16.6. The average molecular weight is 378 g/mol. The van der Waals surface area contributed by atoms with Crippen LogP contribution in [0.15, 0.2) is 24.3 Å². The van der Waals surface area contributed by atoms with Crippen molar-refractivity contribution in [1.29, 1.82) is 0 Å². The Morgan fingerprint density at radius 2 is 1.78 bits per heavy atom. The molecule has 6 nitrogen and oxygen atoms in total. The highest BCUT2D eigenvalue weighted by Crippen LogP contribution is 2.24. The van der Waals surface area contributed by atoms with Gasteiger partial charge in [0.1, 0.15) is 5.82 Å². The van der Waals surface area contributed by atoms with Gasteiger partial charge in [-0.1, -0.05) is 39.0 Å². The number of halogens is 1. The number of piperazine rings is 1. The summed E-state index contributed by atoms with van der Waals surface area (Å²) in [5.74, 6) is -0.229. The molecule has 1 saturated heterocycles. The molecule has 0 aromatic heterocycles. The van der Waals surface area contributed by atoms with Crippen molar-refractivity contribution in [3.8, 4) is 0 Å². The van der Waals surface area contributed by atoms with Crippen LogP contribution in [0.5, 0.6) is 0 Å². The standard InChI is InChI=1S/C20H31FN4O2/c1-4-9-22-18(26)14-24-10-12-25(13-11-24)19(27)23-15-20(2,3)16-7-5-6-8-17(16)21/h5-8H,4,9-15H2,1-3H3,(H,22,26)(H,23,27). The first-order chi connectivity index (χ1) is 12.8. The van der Waals surface area contributed by atoms with Gasteiger partial charge in [0, 0.05) is 44.7 Å². The number of carbonyl (C=O) groups excluding carboxylic acids is 2. The third-order valence-electron chi connectivity index (χ3n) is 4.88. The molecule has 1 aliphatic heterocycles. The number of amides is 3. The van der Waals surface area contributed by atoms with Gasteiger partial charge in [0.05, 0.1) is 6.54 Å². The summed E-state index contributed by atoms with van der Waals surface area (Å²) < 4.78 is 14.0. The number of nitrogens with one attached hydrogen (secondary N) is 2. The van der Waals surface area contributed by atoms with E-state index in [1.54, 1.807) is 23.1 Å². The highest BCUT2D eigenvalue weighted by Gasteiger charge is 2.27. The third kappa shape index (κ3) is 6.20. The first-order valence-electron chi connectivity index (χ1n) is 9.60. The number of carbonyl (C=O) groups is 2. The summed E-state index contributed by atoms with van der Waals surface area (Å²) in [6.07, 6.45) is 0.920. The van der Waals surface area contributed by atoms with Crippen LogP contribution in [0.4, 0.5) is 9.18 Å². The van der Waals surface area contributed by atoms with E-state index in [9.17, 15) is 14.0 Å². The summed E-state index contributed by atoms with van der Waals surface area (Å²) in [4.78, 5) is 28.0.